The first-order valence-electron chi connectivity index (χ1n) is 21.5. The largest absolute Gasteiger partial charge is 0.489 e. The number of nitrogens with one attached hydrogen (secondary N) is 2. The Kier molecular flexibility index (Phi) is 18.5. The normalized spacial score (nSPS) is 10.3. The summed E-state index contributed by atoms with van der Waals surface area (Å²) in [5.74, 6) is 1.13. The van der Waals surface area contributed by atoms with Gasteiger partial charge in [-0.3, -0.25) is 30.4 Å². The summed E-state index contributed by atoms with van der Waals surface area (Å²) in [6.07, 6.45) is 4.23. The Morgan fingerprint density at radius 3 is 1.54 bits per heavy atom. The molecule has 0 unspecified atom stereocenters. The second-order valence-electron chi connectivity index (χ2n) is 15.2. The maximum atomic E-state index is 12.0. The molecule has 0 fully saturated rings. The maximum absolute atomic E-state index is 12.0. The second-order valence-corrected chi connectivity index (χ2v) is 15.2. The van der Waals surface area contributed by atoms with E-state index in [2.05, 4.69) is 20.9 Å². The quantitative estimate of drug-likeness (QED) is 0.0196. The molecule has 0 aliphatic carbocycles. The molecule has 0 saturated carbocycles. The number of esters is 1. The Balaban J connectivity index is 0.000000254. The first kappa shape index (κ1) is 50.2. The van der Waals surface area contributed by atoms with Gasteiger partial charge in [-0.2, -0.15) is 5.26 Å². The number of carboxylic acid groups (broad SMARTS) is 1. The van der Waals surface area contributed by atoms with Gasteiger partial charge < -0.3 is 40.3 Å². The van der Waals surface area contributed by atoms with Crippen LogP contribution >= 0.6 is 0 Å². The minimum absolute atomic E-state index is 0.00731. The number of aryl methyl sites for hydroxylation is 2. The van der Waals surface area contributed by atoms with E-state index in [1.54, 1.807) is 92.1 Å². The van der Waals surface area contributed by atoms with Crippen molar-refractivity contribution in [3.63, 3.8) is 0 Å². The Hall–Kier alpha value is -8.76. The van der Waals surface area contributed by atoms with Crippen molar-refractivity contribution < 1.29 is 38.4 Å². The molecule has 2 heterocycles. The average molecular weight is 917 g/mol. The zero-order chi connectivity index (χ0) is 49.0. The molecule has 0 saturated heterocycles. The summed E-state index contributed by atoms with van der Waals surface area (Å²) in [7, 11) is 0. The lowest BCUT2D eigenvalue weighted by Crippen LogP contribution is -2.11. The van der Waals surface area contributed by atoms with Gasteiger partial charge in [-0.15, -0.1) is 0 Å². The molecule has 4 aromatic carbocycles. The van der Waals surface area contributed by atoms with Crippen LogP contribution in [0.5, 0.6) is 23.0 Å². The maximum Gasteiger partial charge on any atom is 0.306 e. The van der Waals surface area contributed by atoms with Gasteiger partial charge in [-0.25, -0.2) is 4.85 Å². The molecule has 0 atom stereocenters. The van der Waals surface area contributed by atoms with Gasteiger partial charge in [0.1, 0.15) is 61.1 Å². The lowest BCUT2D eigenvalue weighted by Gasteiger charge is -2.18. The van der Waals surface area contributed by atoms with E-state index < -0.39 is 5.97 Å². The molecular formula is C52H52N8O8. The molecule has 16 heteroatoms. The number of carbonyl (C=O) groups excluding carboxylic acids is 1. The third-order valence-electron chi connectivity index (χ3n) is 10.3. The van der Waals surface area contributed by atoms with Crippen LogP contribution in [0, 0.1) is 42.6 Å². The van der Waals surface area contributed by atoms with Crippen molar-refractivity contribution in [1.82, 2.24) is 9.97 Å². The van der Waals surface area contributed by atoms with Crippen molar-refractivity contribution >= 4 is 29.3 Å². The van der Waals surface area contributed by atoms with E-state index in [0.29, 0.717) is 76.4 Å². The second kappa shape index (κ2) is 25.1. The van der Waals surface area contributed by atoms with Crippen LogP contribution in [0.25, 0.3) is 4.85 Å². The number of nitrogens with zero attached hydrogens (tertiary/aromatic N) is 4. The molecule has 7 N–H and O–H groups in total. The summed E-state index contributed by atoms with van der Waals surface area (Å²) in [6.45, 7) is 13.8. The standard InChI is InChI=1S/C27H25N3O4.C25H27N5O4/c1-4-32-26(31)14-13-25-22(18-33-24-11-7-20(15-28)8-12-24)16-30-19(2)27(25)34-17-21-5-9-23(29-3)10-6-21;1-15-23(34-13-16-2-4-17(5-3-16)24(26)27)21(10-11-22(31)32)19(12-30-15)14-33-20-8-6-18(7-9-20)25(28)29/h5-12,16H,4,13-14,17-18H2,1-2H3;2-9,12H,10-11,13-14H2,1H3,(H3,26,27)(H3,28,29)(H,31,32). The van der Waals surface area contributed by atoms with E-state index in [0.717, 1.165) is 33.4 Å². The number of rotatable bonds is 21. The smallest absolute Gasteiger partial charge is 0.306 e. The third kappa shape index (κ3) is 14.9. The van der Waals surface area contributed by atoms with Crippen molar-refractivity contribution in [2.75, 3.05) is 6.61 Å². The van der Waals surface area contributed by atoms with Gasteiger partial charge in [0.25, 0.3) is 0 Å². The molecule has 68 heavy (non-hydrogen) atoms. The van der Waals surface area contributed by atoms with E-state index in [1.807, 2.05) is 38.1 Å². The number of aliphatic carboxylic acids is 1. The van der Waals surface area contributed by atoms with E-state index in [9.17, 15) is 14.7 Å². The topological polar surface area (TPSA) is 254 Å². The summed E-state index contributed by atoms with van der Waals surface area (Å²) in [4.78, 5) is 35.6. The fourth-order valence-electron chi connectivity index (χ4n) is 6.66. The number of ether oxygens (including phenoxy) is 5. The van der Waals surface area contributed by atoms with Crippen molar-refractivity contribution in [3.8, 4) is 29.1 Å². The van der Waals surface area contributed by atoms with E-state index in [-0.39, 0.29) is 56.7 Å². The predicted molar refractivity (Wildman–Crippen MR) is 255 cm³/mol. The van der Waals surface area contributed by atoms with Crippen LogP contribution in [0.4, 0.5) is 5.69 Å². The summed E-state index contributed by atoms with van der Waals surface area (Å²) >= 11 is 0. The molecule has 16 nitrogen and oxygen atoms in total. The predicted octanol–water partition coefficient (Wildman–Crippen LogP) is 8.60. The molecule has 0 spiro atoms. The van der Waals surface area contributed by atoms with Gasteiger partial charge in [0.2, 0.25) is 0 Å². The van der Waals surface area contributed by atoms with Crippen molar-refractivity contribution in [2.45, 2.75) is 72.9 Å². The van der Waals surface area contributed by atoms with E-state index >= 15 is 0 Å². The Morgan fingerprint density at radius 2 is 1.12 bits per heavy atom. The number of carboxylic acids is 1. The number of hydrogen-bond donors (Lipinski definition) is 5. The summed E-state index contributed by atoms with van der Waals surface area (Å²) in [5.41, 5.74) is 19.6. The van der Waals surface area contributed by atoms with Gasteiger partial charge in [0.05, 0.1) is 36.2 Å². The lowest BCUT2D eigenvalue weighted by atomic mass is 10.0. The Labute approximate surface area is 394 Å². The monoisotopic (exact) mass is 916 g/mol. The number of aromatic nitrogens is 2. The molecular weight excluding hydrogens is 865 g/mol. The number of nitrogens with two attached hydrogens (primary N) is 2. The summed E-state index contributed by atoms with van der Waals surface area (Å²) in [5, 5.41) is 33.2. The minimum atomic E-state index is -0.910. The summed E-state index contributed by atoms with van der Waals surface area (Å²) < 4.78 is 29.1. The highest BCUT2D eigenvalue weighted by atomic mass is 16.5. The van der Waals surface area contributed by atoms with Crippen LogP contribution in [0.1, 0.15) is 81.2 Å². The van der Waals surface area contributed by atoms with Crippen LogP contribution in [0.2, 0.25) is 0 Å². The van der Waals surface area contributed by atoms with Crippen molar-refractivity contribution in [1.29, 1.82) is 16.1 Å². The highest BCUT2D eigenvalue weighted by Crippen LogP contribution is 2.31. The number of carbonyl (C=O) groups is 2. The molecule has 0 aliphatic heterocycles. The molecule has 2 aromatic heterocycles. The van der Waals surface area contributed by atoms with Crippen LogP contribution in [0.3, 0.4) is 0 Å². The van der Waals surface area contributed by atoms with E-state index in [4.69, 9.17) is 57.8 Å². The van der Waals surface area contributed by atoms with Gasteiger partial charge in [0.15, 0.2) is 5.69 Å². The third-order valence-corrected chi connectivity index (χ3v) is 10.3. The zero-order valence-corrected chi connectivity index (χ0v) is 38.0. The molecule has 6 rings (SSSR count). The molecule has 0 bridgehead atoms. The first-order valence-corrected chi connectivity index (χ1v) is 21.5. The molecule has 6 aromatic rings. The van der Waals surface area contributed by atoms with Crippen LogP contribution in [0.15, 0.2) is 109 Å². The van der Waals surface area contributed by atoms with Gasteiger partial charge in [-0.1, -0.05) is 48.5 Å². The molecule has 0 radical (unpaired) electrons. The number of amidine groups is 2. The SMILES string of the molecule is Cc1ncc(COc2ccc(C(=N)N)cc2)c(CCC(=O)O)c1OCc1ccc(C(=N)N)cc1.[C-]#[N+]c1ccc(COc2c(C)ncc(COc3ccc(C#N)cc3)c2CCC(=O)OCC)cc1. The zero-order valence-electron chi connectivity index (χ0n) is 38.0. The fourth-order valence-corrected chi connectivity index (χ4v) is 6.66. The lowest BCUT2D eigenvalue weighted by molar-refractivity contribution is -0.143. The molecule has 0 aliphatic rings. The van der Waals surface area contributed by atoms with Gasteiger partial charge >= 0.3 is 11.9 Å². The average Bonchev–Trinajstić information content (AvgIpc) is 3.34. The highest BCUT2D eigenvalue weighted by molar-refractivity contribution is 5.95. The van der Waals surface area contributed by atoms with Gasteiger partial charge in [0, 0.05) is 58.6 Å². The number of hydrogen-bond acceptors (Lipinski definition) is 12. The number of nitriles is 1. The Morgan fingerprint density at radius 1 is 0.676 bits per heavy atom. The molecule has 348 valence electrons. The number of benzene rings is 4. The number of pyridine rings is 2. The van der Waals surface area contributed by atoms with Crippen LogP contribution in [-0.4, -0.2) is 45.3 Å². The van der Waals surface area contributed by atoms with E-state index in [1.165, 1.54) is 0 Å². The first-order chi connectivity index (χ1) is 32.8. The highest BCUT2D eigenvalue weighted by Gasteiger charge is 2.19. The van der Waals surface area contributed by atoms with Crippen LogP contribution < -0.4 is 30.4 Å². The number of nitrogen functional groups attached to an aromatic ring is 2. The van der Waals surface area contributed by atoms with Crippen molar-refractivity contribution in [3.05, 3.63) is 182 Å². The fraction of sp³-hybridized carbons (Fsp3) is 0.231. The Bertz CT molecular complexity index is 2780. The van der Waals surface area contributed by atoms with Gasteiger partial charge in [-0.05, 0) is 93.3 Å². The molecule has 0 amide bonds. The van der Waals surface area contributed by atoms with Crippen LogP contribution in [-0.2, 0) is 53.6 Å². The minimum Gasteiger partial charge on any atom is -0.489 e. The van der Waals surface area contributed by atoms with Crippen molar-refractivity contribution in [2.24, 2.45) is 11.5 Å². The summed E-state index contributed by atoms with van der Waals surface area (Å²) in [6, 6.07) is 30.1.